The van der Waals surface area contributed by atoms with Crippen LogP contribution in [-0.4, -0.2) is 27.4 Å². The van der Waals surface area contributed by atoms with Gasteiger partial charge in [0.15, 0.2) is 0 Å². The zero-order valence-corrected chi connectivity index (χ0v) is 10.4. The summed E-state index contributed by atoms with van der Waals surface area (Å²) in [6.45, 7) is 1.64. The molecule has 1 aromatic heterocycles. The Kier molecular flexibility index (Phi) is 2.78. The quantitative estimate of drug-likeness (QED) is 0.825. The second-order valence-electron chi connectivity index (χ2n) is 5.29. The van der Waals surface area contributed by atoms with Crippen molar-refractivity contribution in [3.8, 4) is 0 Å². The van der Waals surface area contributed by atoms with Crippen LogP contribution in [0.2, 0.25) is 0 Å². The van der Waals surface area contributed by atoms with E-state index in [-0.39, 0.29) is 5.69 Å². The van der Waals surface area contributed by atoms with Gasteiger partial charge >= 0.3 is 5.69 Å². The summed E-state index contributed by atoms with van der Waals surface area (Å²) >= 11 is 0. The molecule has 1 aromatic rings. The lowest BCUT2D eigenvalue weighted by Gasteiger charge is -2.11. The average molecular weight is 236 g/mol. The minimum Gasteiger partial charge on any atom is -0.317 e. The highest BCUT2D eigenvalue weighted by molar-refractivity contribution is 4.93. The Morgan fingerprint density at radius 2 is 2.18 bits per heavy atom. The molecule has 0 amide bonds. The van der Waals surface area contributed by atoms with E-state index in [9.17, 15) is 4.79 Å². The fraction of sp³-hybridized carbons (Fsp3) is 0.833. The van der Waals surface area contributed by atoms with Crippen LogP contribution in [0.3, 0.4) is 0 Å². The summed E-state index contributed by atoms with van der Waals surface area (Å²) in [5.74, 6) is 1.69. The van der Waals surface area contributed by atoms with Gasteiger partial charge in [0.05, 0.1) is 0 Å². The second kappa shape index (κ2) is 4.29. The van der Waals surface area contributed by atoms with E-state index in [1.165, 1.54) is 12.8 Å². The molecule has 5 heteroatoms. The van der Waals surface area contributed by atoms with Crippen molar-refractivity contribution in [3.63, 3.8) is 0 Å². The van der Waals surface area contributed by atoms with Gasteiger partial charge in [-0.1, -0.05) is 0 Å². The zero-order chi connectivity index (χ0) is 11.8. The Bertz CT molecular complexity index is 458. The molecule has 2 aliphatic rings. The third-order valence-corrected chi connectivity index (χ3v) is 3.95. The molecule has 0 spiro atoms. The van der Waals surface area contributed by atoms with Crippen LogP contribution in [0.5, 0.6) is 0 Å². The van der Waals surface area contributed by atoms with Gasteiger partial charge < -0.3 is 5.32 Å². The molecule has 1 N–H and O–H groups in total. The maximum atomic E-state index is 12.2. The third-order valence-electron chi connectivity index (χ3n) is 3.95. The highest BCUT2D eigenvalue weighted by Crippen LogP contribution is 2.29. The lowest BCUT2D eigenvalue weighted by molar-refractivity contribution is 0.466. The van der Waals surface area contributed by atoms with Crippen molar-refractivity contribution in [3.05, 3.63) is 16.3 Å². The van der Waals surface area contributed by atoms with E-state index in [1.807, 2.05) is 11.6 Å². The highest BCUT2D eigenvalue weighted by atomic mass is 16.2. The first-order chi connectivity index (χ1) is 8.28. The number of rotatable bonds is 3. The molecule has 0 radical (unpaired) electrons. The summed E-state index contributed by atoms with van der Waals surface area (Å²) in [5.41, 5.74) is 0.101. The normalized spacial score (nSPS) is 24.4. The lowest BCUT2D eigenvalue weighted by atomic mass is 10.1. The molecule has 3 rings (SSSR count). The summed E-state index contributed by atoms with van der Waals surface area (Å²) in [5, 5.41) is 7.79. The van der Waals surface area contributed by atoms with Crippen molar-refractivity contribution < 1.29 is 0 Å². The van der Waals surface area contributed by atoms with Gasteiger partial charge in [0.1, 0.15) is 5.82 Å². The van der Waals surface area contributed by atoms with Crippen molar-refractivity contribution in [2.75, 3.05) is 7.05 Å². The number of nitrogens with one attached hydrogen (secondary N) is 1. The molecule has 1 aliphatic carbocycles. The summed E-state index contributed by atoms with van der Waals surface area (Å²) < 4.78 is 3.56. The minimum atomic E-state index is 0.101. The Morgan fingerprint density at radius 3 is 2.88 bits per heavy atom. The molecule has 0 unspecified atom stereocenters. The predicted molar refractivity (Wildman–Crippen MR) is 65.0 cm³/mol. The lowest BCUT2D eigenvalue weighted by Crippen LogP contribution is -2.29. The molecular weight excluding hydrogens is 216 g/mol. The number of hydrogen-bond acceptors (Lipinski definition) is 3. The van der Waals surface area contributed by atoms with Crippen molar-refractivity contribution in [1.82, 2.24) is 19.7 Å². The van der Waals surface area contributed by atoms with Gasteiger partial charge in [-0.2, -0.15) is 5.10 Å². The first-order valence-electron chi connectivity index (χ1n) is 6.61. The van der Waals surface area contributed by atoms with E-state index in [1.54, 1.807) is 4.68 Å². The maximum Gasteiger partial charge on any atom is 0.345 e. The molecule has 1 fully saturated rings. The van der Waals surface area contributed by atoms with Crippen molar-refractivity contribution in [1.29, 1.82) is 0 Å². The summed E-state index contributed by atoms with van der Waals surface area (Å²) in [6, 6.07) is 0.521. The summed E-state index contributed by atoms with van der Waals surface area (Å²) in [6.07, 6.45) is 5.54. The predicted octanol–water partition coefficient (Wildman–Crippen LogP) is 0.379. The van der Waals surface area contributed by atoms with Gasteiger partial charge in [-0.3, -0.25) is 4.57 Å². The van der Waals surface area contributed by atoms with Crippen LogP contribution < -0.4 is 11.0 Å². The molecule has 1 saturated carbocycles. The molecule has 5 nitrogen and oxygen atoms in total. The first-order valence-corrected chi connectivity index (χ1v) is 6.61. The number of aromatic nitrogens is 3. The molecule has 1 atom stereocenters. The smallest absolute Gasteiger partial charge is 0.317 e. The standard InChI is InChI=1S/C12H20N4O/c1-13-10-4-5-11-14-16(8-9-2-3-9)12(17)15(11)7-6-10/h9-10,13H,2-8H2,1H3/t10-/m1/s1. The molecule has 0 aromatic carbocycles. The van der Waals surface area contributed by atoms with Crippen LogP contribution in [0.4, 0.5) is 0 Å². The number of aryl methyl sites for hydroxylation is 1. The Labute approximate surface area is 101 Å². The van der Waals surface area contributed by atoms with Crippen LogP contribution in [0.25, 0.3) is 0 Å². The Morgan fingerprint density at radius 1 is 1.35 bits per heavy atom. The SMILES string of the molecule is CN[C@@H]1CCc2nn(CC3CC3)c(=O)n2CC1. The van der Waals surface area contributed by atoms with E-state index >= 15 is 0 Å². The Hall–Kier alpha value is -1.10. The van der Waals surface area contributed by atoms with Gasteiger partial charge in [0.2, 0.25) is 0 Å². The molecule has 17 heavy (non-hydrogen) atoms. The van der Waals surface area contributed by atoms with Crippen LogP contribution in [0, 0.1) is 5.92 Å². The van der Waals surface area contributed by atoms with Gasteiger partial charge in [-0.15, -0.1) is 0 Å². The van der Waals surface area contributed by atoms with Crippen LogP contribution in [-0.2, 0) is 19.5 Å². The highest BCUT2D eigenvalue weighted by Gasteiger charge is 2.25. The van der Waals surface area contributed by atoms with Gasteiger partial charge in [-0.25, -0.2) is 9.48 Å². The zero-order valence-electron chi connectivity index (χ0n) is 10.4. The molecule has 1 aliphatic heterocycles. The van der Waals surface area contributed by atoms with E-state index in [0.717, 1.165) is 38.2 Å². The van der Waals surface area contributed by atoms with E-state index in [2.05, 4.69) is 10.4 Å². The largest absolute Gasteiger partial charge is 0.345 e. The molecule has 2 heterocycles. The van der Waals surface area contributed by atoms with Crippen LogP contribution >= 0.6 is 0 Å². The van der Waals surface area contributed by atoms with E-state index < -0.39 is 0 Å². The molecule has 0 saturated heterocycles. The van der Waals surface area contributed by atoms with Gasteiger partial charge in [0, 0.05) is 25.6 Å². The number of fused-ring (bicyclic) bond motifs is 1. The first kappa shape index (κ1) is 11.0. The minimum absolute atomic E-state index is 0.101. The Balaban J connectivity index is 1.82. The van der Waals surface area contributed by atoms with Crippen LogP contribution in [0.1, 0.15) is 31.5 Å². The molecule has 94 valence electrons. The topological polar surface area (TPSA) is 51.9 Å². The van der Waals surface area contributed by atoms with E-state index in [0.29, 0.717) is 12.0 Å². The number of nitrogens with zero attached hydrogens (tertiary/aromatic N) is 3. The maximum absolute atomic E-state index is 12.2. The van der Waals surface area contributed by atoms with Crippen LogP contribution in [0.15, 0.2) is 4.79 Å². The van der Waals surface area contributed by atoms with E-state index in [4.69, 9.17) is 0 Å². The number of hydrogen-bond donors (Lipinski definition) is 1. The molecule has 0 bridgehead atoms. The summed E-state index contributed by atoms with van der Waals surface area (Å²) in [4.78, 5) is 12.2. The third kappa shape index (κ3) is 2.16. The summed E-state index contributed by atoms with van der Waals surface area (Å²) in [7, 11) is 1.99. The monoisotopic (exact) mass is 236 g/mol. The molecular formula is C12H20N4O. The second-order valence-corrected chi connectivity index (χ2v) is 5.29. The average Bonchev–Trinajstić information content (AvgIpc) is 3.11. The van der Waals surface area contributed by atoms with Gasteiger partial charge in [-0.05, 0) is 38.6 Å². The van der Waals surface area contributed by atoms with Crippen molar-refractivity contribution >= 4 is 0 Å². The fourth-order valence-corrected chi connectivity index (χ4v) is 2.58. The van der Waals surface area contributed by atoms with Gasteiger partial charge in [0.25, 0.3) is 0 Å². The van der Waals surface area contributed by atoms with Crippen molar-refractivity contribution in [2.45, 2.75) is 51.2 Å². The fourth-order valence-electron chi connectivity index (χ4n) is 2.58. The van der Waals surface area contributed by atoms with Crippen molar-refractivity contribution in [2.24, 2.45) is 5.92 Å².